The van der Waals surface area contributed by atoms with E-state index in [9.17, 15) is 4.79 Å². The minimum atomic E-state index is 0.0341. The quantitative estimate of drug-likeness (QED) is 0.895. The number of benzene rings is 1. The zero-order valence-electron chi connectivity index (χ0n) is 15.8. The summed E-state index contributed by atoms with van der Waals surface area (Å²) in [5.74, 6) is 2.16. The van der Waals surface area contributed by atoms with E-state index in [-0.39, 0.29) is 5.91 Å². The molecule has 1 aromatic heterocycles. The molecule has 3 rings (SSSR count). The van der Waals surface area contributed by atoms with Crippen LogP contribution in [0.3, 0.4) is 0 Å². The summed E-state index contributed by atoms with van der Waals surface area (Å²) in [6.45, 7) is 6.20. The van der Waals surface area contributed by atoms with Crippen molar-refractivity contribution in [2.45, 2.75) is 26.7 Å². The van der Waals surface area contributed by atoms with E-state index < -0.39 is 0 Å². The molecule has 0 spiro atoms. The molecule has 1 fully saturated rings. The molecule has 1 atom stereocenters. The highest BCUT2D eigenvalue weighted by atomic mass is 16.1. The lowest BCUT2D eigenvalue weighted by Crippen LogP contribution is -2.41. The Kier molecular flexibility index (Phi) is 5.71. The number of hydrogen-bond acceptors (Lipinski definition) is 5. The maximum absolute atomic E-state index is 11.2. The van der Waals surface area contributed by atoms with Crippen molar-refractivity contribution >= 4 is 23.4 Å². The zero-order chi connectivity index (χ0) is 18.5. The van der Waals surface area contributed by atoms with E-state index in [1.165, 1.54) is 0 Å². The molecule has 0 bridgehead atoms. The van der Waals surface area contributed by atoms with Gasteiger partial charge in [-0.2, -0.15) is 4.98 Å². The maximum Gasteiger partial charge on any atom is 0.231 e. The SMILES string of the molecule is CC(=O)NCC1CCCN(c2cc(C)nc(N(C)c3ccccc3)n2)C1. The Bertz CT molecular complexity index is 749. The summed E-state index contributed by atoms with van der Waals surface area (Å²) in [6, 6.07) is 12.2. The molecule has 0 radical (unpaired) electrons. The molecule has 1 aliphatic heterocycles. The normalized spacial score (nSPS) is 17.0. The lowest BCUT2D eigenvalue weighted by Gasteiger charge is -2.34. The molecule has 2 aromatic rings. The van der Waals surface area contributed by atoms with E-state index in [2.05, 4.69) is 27.3 Å². The van der Waals surface area contributed by atoms with Gasteiger partial charge in [0.25, 0.3) is 0 Å². The molecule has 1 aromatic carbocycles. The van der Waals surface area contributed by atoms with E-state index in [1.807, 2.05) is 43.1 Å². The molecular formula is C20H27N5O. The number of anilines is 3. The molecule has 138 valence electrons. The lowest BCUT2D eigenvalue weighted by molar-refractivity contribution is -0.119. The van der Waals surface area contributed by atoms with Crippen LogP contribution in [0.5, 0.6) is 0 Å². The van der Waals surface area contributed by atoms with Crippen molar-refractivity contribution in [2.75, 3.05) is 36.5 Å². The van der Waals surface area contributed by atoms with Gasteiger partial charge >= 0.3 is 0 Å². The number of amides is 1. The van der Waals surface area contributed by atoms with E-state index in [1.54, 1.807) is 6.92 Å². The largest absolute Gasteiger partial charge is 0.356 e. The fourth-order valence-electron chi connectivity index (χ4n) is 3.34. The Balaban J connectivity index is 1.77. The van der Waals surface area contributed by atoms with Gasteiger partial charge in [0.15, 0.2) is 0 Å². The van der Waals surface area contributed by atoms with Crippen molar-refractivity contribution in [3.63, 3.8) is 0 Å². The van der Waals surface area contributed by atoms with E-state index >= 15 is 0 Å². The molecule has 1 amide bonds. The van der Waals surface area contributed by atoms with Gasteiger partial charge in [-0.1, -0.05) is 18.2 Å². The molecule has 0 saturated carbocycles. The van der Waals surface area contributed by atoms with Gasteiger partial charge in [0.2, 0.25) is 11.9 Å². The van der Waals surface area contributed by atoms with Crippen molar-refractivity contribution in [1.29, 1.82) is 0 Å². The van der Waals surface area contributed by atoms with Crippen LogP contribution >= 0.6 is 0 Å². The first-order chi connectivity index (χ1) is 12.5. The summed E-state index contributed by atoms with van der Waals surface area (Å²) in [5.41, 5.74) is 2.02. The van der Waals surface area contributed by atoms with Crippen molar-refractivity contribution in [1.82, 2.24) is 15.3 Å². The fourth-order valence-corrected chi connectivity index (χ4v) is 3.34. The van der Waals surface area contributed by atoms with Gasteiger partial charge in [-0.3, -0.25) is 4.79 Å². The summed E-state index contributed by atoms with van der Waals surface area (Å²) >= 11 is 0. The van der Waals surface area contributed by atoms with Crippen LogP contribution in [-0.2, 0) is 4.79 Å². The molecule has 1 aliphatic rings. The number of aryl methyl sites for hydroxylation is 1. The number of rotatable bonds is 5. The minimum absolute atomic E-state index is 0.0341. The summed E-state index contributed by atoms with van der Waals surface area (Å²) in [4.78, 5) is 24.9. The van der Waals surface area contributed by atoms with Gasteiger partial charge in [0, 0.05) is 51.1 Å². The van der Waals surface area contributed by atoms with Crippen molar-refractivity contribution < 1.29 is 4.79 Å². The van der Waals surface area contributed by atoms with Crippen LogP contribution < -0.4 is 15.1 Å². The van der Waals surface area contributed by atoms with Gasteiger partial charge < -0.3 is 15.1 Å². The third-order valence-corrected chi connectivity index (χ3v) is 4.76. The Morgan fingerprint density at radius 2 is 2.08 bits per heavy atom. The maximum atomic E-state index is 11.2. The number of aromatic nitrogens is 2. The minimum Gasteiger partial charge on any atom is -0.356 e. The number of carbonyl (C=O) groups excluding carboxylic acids is 1. The average molecular weight is 353 g/mol. The lowest BCUT2D eigenvalue weighted by atomic mass is 9.98. The number of nitrogens with zero attached hydrogens (tertiary/aromatic N) is 4. The molecule has 2 heterocycles. The molecule has 1 saturated heterocycles. The molecule has 1 unspecified atom stereocenters. The number of piperidine rings is 1. The first kappa shape index (κ1) is 18.2. The van der Waals surface area contributed by atoms with Gasteiger partial charge in [0.05, 0.1) is 0 Å². The Morgan fingerprint density at radius 3 is 2.81 bits per heavy atom. The van der Waals surface area contributed by atoms with Crippen LogP contribution in [0, 0.1) is 12.8 Å². The first-order valence-electron chi connectivity index (χ1n) is 9.17. The smallest absolute Gasteiger partial charge is 0.231 e. The van der Waals surface area contributed by atoms with Crippen molar-refractivity contribution in [2.24, 2.45) is 5.92 Å². The molecule has 0 aliphatic carbocycles. The number of nitrogens with one attached hydrogen (secondary N) is 1. The van der Waals surface area contributed by atoms with Crippen LogP contribution in [0.1, 0.15) is 25.5 Å². The predicted molar refractivity (Wildman–Crippen MR) is 105 cm³/mol. The van der Waals surface area contributed by atoms with Crippen LogP contribution in [0.15, 0.2) is 36.4 Å². The fraction of sp³-hybridized carbons (Fsp3) is 0.450. The second kappa shape index (κ2) is 8.17. The Hall–Kier alpha value is -2.63. The number of carbonyl (C=O) groups is 1. The second-order valence-electron chi connectivity index (χ2n) is 6.95. The highest BCUT2D eigenvalue weighted by Gasteiger charge is 2.22. The van der Waals surface area contributed by atoms with E-state index in [0.29, 0.717) is 11.9 Å². The van der Waals surface area contributed by atoms with Crippen LogP contribution in [0.4, 0.5) is 17.5 Å². The monoisotopic (exact) mass is 353 g/mol. The highest BCUT2D eigenvalue weighted by Crippen LogP contribution is 2.26. The number of para-hydroxylation sites is 1. The van der Waals surface area contributed by atoms with Gasteiger partial charge in [-0.15, -0.1) is 0 Å². The molecular weight excluding hydrogens is 326 g/mol. The standard InChI is InChI=1S/C20H27N5O/c1-15-12-19(25-11-7-8-17(14-25)13-21-16(2)26)23-20(22-15)24(3)18-9-5-4-6-10-18/h4-6,9-10,12,17H,7-8,11,13-14H2,1-3H3,(H,21,26). The topological polar surface area (TPSA) is 61.4 Å². The third kappa shape index (κ3) is 4.50. The van der Waals surface area contributed by atoms with Crippen LogP contribution in [-0.4, -0.2) is 42.6 Å². The Morgan fingerprint density at radius 1 is 1.31 bits per heavy atom. The summed E-state index contributed by atoms with van der Waals surface area (Å²) in [5, 5.41) is 2.94. The van der Waals surface area contributed by atoms with Crippen molar-refractivity contribution in [3.8, 4) is 0 Å². The second-order valence-corrected chi connectivity index (χ2v) is 6.95. The number of hydrogen-bond donors (Lipinski definition) is 1. The van der Waals surface area contributed by atoms with Crippen LogP contribution in [0.25, 0.3) is 0 Å². The van der Waals surface area contributed by atoms with Gasteiger partial charge in [0.1, 0.15) is 5.82 Å². The molecule has 6 heteroatoms. The summed E-state index contributed by atoms with van der Waals surface area (Å²) in [7, 11) is 1.99. The predicted octanol–water partition coefficient (Wildman–Crippen LogP) is 2.91. The zero-order valence-corrected chi connectivity index (χ0v) is 15.8. The van der Waals surface area contributed by atoms with Gasteiger partial charge in [-0.05, 0) is 37.8 Å². The van der Waals surface area contributed by atoms with E-state index in [0.717, 1.165) is 49.7 Å². The summed E-state index contributed by atoms with van der Waals surface area (Å²) < 4.78 is 0. The highest BCUT2D eigenvalue weighted by molar-refractivity contribution is 5.72. The van der Waals surface area contributed by atoms with E-state index in [4.69, 9.17) is 4.98 Å². The third-order valence-electron chi connectivity index (χ3n) is 4.76. The van der Waals surface area contributed by atoms with Crippen LogP contribution in [0.2, 0.25) is 0 Å². The Labute approximate surface area is 155 Å². The average Bonchev–Trinajstić information content (AvgIpc) is 2.66. The molecule has 6 nitrogen and oxygen atoms in total. The van der Waals surface area contributed by atoms with Gasteiger partial charge in [-0.25, -0.2) is 4.98 Å². The summed E-state index contributed by atoms with van der Waals surface area (Å²) in [6.07, 6.45) is 2.24. The molecule has 1 N–H and O–H groups in total. The first-order valence-corrected chi connectivity index (χ1v) is 9.17. The van der Waals surface area contributed by atoms with Crippen molar-refractivity contribution in [3.05, 3.63) is 42.1 Å². The molecule has 26 heavy (non-hydrogen) atoms.